The molecule has 0 atom stereocenters. The van der Waals surface area contributed by atoms with E-state index >= 15 is 0 Å². The number of carbonyl (C=O) groups excluding carboxylic acids is 1. The fourth-order valence-electron chi connectivity index (χ4n) is 1.85. The molecule has 1 aromatic carbocycles. The molecule has 0 aliphatic carbocycles. The van der Waals surface area contributed by atoms with Gasteiger partial charge in [0.1, 0.15) is 0 Å². The Morgan fingerprint density at radius 3 is 2.38 bits per heavy atom. The van der Waals surface area contributed by atoms with Gasteiger partial charge >= 0.3 is 5.97 Å². The highest BCUT2D eigenvalue weighted by Gasteiger charge is 2.25. The largest absolute Gasteiger partial charge is 0.493 e. The molecular formula is C14H18ClNO5. The molecule has 6 nitrogen and oxygen atoms in total. The molecule has 7 heteroatoms. The minimum atomic E-state index is -0.995. The van der Waals surface area contributed by atoms with Crippen molar-refractivity contribution in [2.45, 2.75) is 25.8 Å². The van der Waals surface area contributed by atoms with Gasteiger partial charge in [-0.25, -0.2) is 0 Å². The lowest BCUT2D eigenvalue weighted by atomic mass is 10.00. The number of hydrogen-bond acceptors (Lipinski definition) is 4. The number of carboxylic acids is 1. The van der Waals surface area contributed by atoms with Gasteiger partial charge in [0, 0.05) is 11.1 Å². The summed E-state index contributed by atoms with van der Waals surface area (Å²) in [5, 5.41) is 11.7. The molecule has 0 unspecified atom stereocenters. The van der Waals surface area contributed by atoms with Crippen LogP contribution >= 0.6 is 11.6 Å². The number of halogens is 1. The minimum Gasteiger partial charge on any atom is -0.493 e. The number of hydrogen-bond donors (Lipinski definition) is 2. The molecule has 0 bridgehead atoms. The van der Waals surface area contributed by atoms with E-state index in [1.54, 1.807) is 13.8 Å². The van der Waals surface area contributed by atoms with Crippen molar-refractivity contribution in [1.82, 2.24) is 5.32 Å². The van der Waals surface area contributed by atoms with Gasteiger partial charge in [0.2, 0.25) is 0 Å². The number of rotatable bonds is 6. The van der Waals surface area contributed by atoms with Gasteiger partial charge in [-0.05, 0) is 26.0 Å². The molecule has 2 N–H and O–H groups in total. The van der Waals surface area contributed by atoms with Crippen LogP contribution < -0.4 is 14.8 Å². The predicted molar refractivity (Wildman–Crippen MR) is 78.4 cm³/mol. The molecule has 1 rings (SSSR count). The van der Waals surface area contributed by atoms with Crippen LogP contribution in [0.25, 0.3) is 0 Å². The Kier molecular flexibility index (Phi) is 5.43. The summed E-state index contributed by atoms with van der Waals surface area (Å²) in [6, 6.07) is 2.92. The lowest BCUT2D eigenvalue weighted by Crippen LogP contribution is -2.44. The van der Waals surface area contributed by atoms with Crippen molar-refractivity contribution >= 4 is 23.5 Å². The zero-order valence-corrected chi connectivity index (χ0v) is 13.1. The summed E-state index contributed by atoms with van der Waals surface area (Å²) in [4.78, 5) is 23.0. The summed E-state index contributed by atoms with van der Waals surface area (Å²) in [5.41, 5.74) is -0.626. The Morgan fingerprint density at radius 2 is 1.90 bits per heavy atom. The van der Waals surface area contributed by atoms with Gasteiger partial charge in [-0.1, -0.05) is 11.6 Å². The van der Waals surface area contributed by atoms with Gasteiger partial charge in [0.25, 0.3) is 5.91 Å². The summed E-state index contributed by atoms with van der Waals surface area (Å²) in [7, 11) is 2.88. The number of amides is 1. The Balaban J connectivity index is 3.03. The molecule has 0 saturated heterocycles. The third-order valence-electron chi connectivity index (χ3n) is 2.74. The van der Waals surface area contributed by atoms with E-state index in [1.165, 1.54) is 26.4 Å². The van der Waals surface area contributed by atoms with Crippen molar-refractivity contribution in [3.05, 3.63) is 22.7 Å². The molecule has 0 radical (unpaired) electrons. The fourth-order valence-corrected chi connectivity index (χ4v) is 2.14. The van der Waals surface area contributed by atoms with E-state index in [9.17, 15) is 9.59 Å². The molecule has 0 spiro atoms. The monoisotopic (exact) mass is 315 g/mol. The van der Waals surface area contributed by atoms with E-state index in [1.807, 2.05) is 0 Å². The zero-order valence-electron chi connectivity index (χ0n) is 12.3. The quantitative estimate of drug-likeness (QED) is 0.841. The van der Waals surface area contributed by atoms with Crippen LogP contribution in [0.4, 0.5) is 0 Å². The van der Waals surface area contributed by atoms with Gasteiger partial charge < -0.3 is 19.9 Å². The van der Waals surface area contributed by atoms with Crippen LogP contribution in [0.5, 0.6) is 11.5 Å². The maximum Gasteiger partial charge on any atom is 0.305 e. The normalized spacial score (nSPS) is 10.9. The van der Waals surface area contributed by atoms with Gasteiger partial charge in [-0.2, -0.15) is 0 Å². The van der Waals surface area contributed by atoms with Crippen molar-refractivity contribution in [2.75, 3.05) is 14.2 Å². The number of ether oxygens (including phenoxy) is 2. The SMILES string of the molecule is COc1cc(C(=O)NC(C)(C)CC(=O)O)cc(Cl)c1OC. The highest BCUT2D eigenvalue weighted by Crippen LogP contribution is 2.36. The zero-order chi connectivity index (χ0) is 16.2. The smallest absolute Gasteiger partial charge is 0.305 e. The predicted octanol–water partition coefficient (Wildman–Crippen LogP) is 2.34. The average molecular weight is 316 g/mol. The molecule has 0 fully saturated rings. The lowest BCUT2D eigenvalue weighted by molar-refractivity contribution is -0.138. The summed E-state index contributed by atoms with van der Waals surface area (Å²) in [5.74, 6) is -0.776. The second-order valence-corrected chi connectivity index (χ2v) is 5.51. The third kappa shape index (κ3) is 4.53. The Hall–Kier alpha value is -1.95. The van der Waals surface area contributed by atoms with Crippen LogP contribution in [-0.2, 0) is 4.79 Å². The number of carbonyl (C=O) groups is 2. The summed E-state index contributed by atoms with van der Waals surface area (Å²) < 4.78 is 10.2. The number of methoxy groups -OCH3 is 2. The maximum absolute atomic E-state index is 12.2. The van der Waals surface area contributed by atoms with Crippen molar-refractivity contribution in [2.24, 2.45) is 0 Å². The number of benzene rings is 1. The summed E-state index contributed by atoms with van der Waals surface area (Å²) in [6.45, 7) is 3.25. The van der Waals surface area contributed by atoms with Gasteiger partial charge in [-0.3, -0.25) is 9.59 Å². The first-order chi connectivity index (χ1) is 9.70. The molecule has 0 saturated carbocycles. The summed E-state index contributed by atoms with van der Waals surface area (Å²) >= 11 is 6.03. The van der Waals surface area contributed by atoms with Gasteiger partial charge in [0.15, 0.2) is 11.5 Å². The molecular weight excluding hydrogens is 298 g/mol. The summed E-state index contributed by atoms with van der Waals surface area (Å²) in [6.07, 6.45) is -0.195. The van der Waals surface area contributed by atoms with Crippen molar-refractivity contribution in [3.63, 3.8) is 0 Å². The fraction of sp³-hybridized carbons (Fsp3) is 0.429. The van der Waals surface area contributed by atoms with Gasteiger partial charge in [0.05, 0.1) is 25.7 Å². The van der Waals surface area contributed by atoms with Crippen LogP contribution in [-0.4, -0.2) is 36.7 Å². The number of nitrogens with one attached hydrogen (secondary N) is 1. The Labute approximate surface area is 128 Å². The van der Waals surface area contributed by atoms with E-state index in [0.29, 0.717) is 11.5 Å². The third-order valence-corrected chi connectivity index (χ3v) is 3.02. The highest BCUT2D eigenvalue weighted by molar-refractivity contribution is 6.32. The first-order valence-corrected chi connectivity index (χ1v) is 6.54. The second kappa shape index (κ2) is 6.67. The van der Waals surface area contributed by atoms with E-state index in [2.05, 4.69) is 5.32 Å². The topological polar surface area (TPSA) is 84.9 Å². The van der Waals surface area contributed by atoms with Crippen LogP contribution in [0.2, 0.25) is 5.02 Å². The molecule has 1 amide bonds. The lowest BCUT2D eigenvalue weighted by Gasteiger charge is -2.24. The Bertz CT molecular complexity index is 557. The van der Waals surface area contributed by atoms with E-state index in [-0.39, 0.29) is 17.0 Å². The molecule has 0 aromatic heterocycles. The first-order valence-electron chi connectivity index (χ1n) is 6.16. The highest BCUT2D eigenvalue weighted by atomic mass is 35.5. The van der Waals surface area contributed by atoms with Crippen molar-refractivity contribution in [3.8, 4) is 11.5 Å². The Morgan fingerprint density at radius 1 is 1.29 bits per heavy atom. The van der Waals surface area contributed by atoms with Gasteiger partial charge in [-0.15, -0.1) is 0 Å². The molecule has 0 aliphatic rings. The van der Waals surface area contributed by atoms with Crippen LogP contribution in [0.15, 0.2) is 12.1 Å². The van der Waals surface area contributed by atoms with Crippen LogP contribution in [0, 0.1) is 0 Å². The average Bonchev–Trinajstić information content (AvgIpc) is 2.35. The number of aliphatic carboxylic acids is 1. The molecule has 116 valence electrons. The van der Waals surface area contributed by atoms with Crippen LogP contribution in [0.1, 0.15) is 30.6 Å². The first kappa shape index (κ1) is 17.1. The van der Waals surface area contributed by atoms with E-state index in [4.69, 9.17) is 26.2 Å². The molecule has 0 heterocycles. The van der Waals surface area contributed by atoms with Crippen molar-refractivity contribution < 1.29 is 24.2 Å². The maximum atomic E-state index is 12.2. The standard InChI is InChI=1S/C14H18ClNO5/c1-14(2,7-11(17)18)16-13(19)8-5-9(15)12(21-4)10(6-8)20-3/h5-6H,7H2,1-4H3,(H,16,19)(H,17,18). The van der Waals surface area contributed by atoms with E-state index in [0.717, 1.165) is 0 Å². The molecule has 0 aliphatic heterocycles. The van der Waals surface area contributed by atoms with Crippen molar-refractivity contribution in [1.29, 1.82) is 0 Å². The molecule has 21 heavy (non-hydrogen) atoms. The second-order valence-electron chi connectivity index (χ2n) is 5.10. The number of carboxylic acid groups (broad SMARTS) is 1. The van der Waals surface area contributed by atoms with Crippen LogP contribution in [0.3, 0.4) is 0 Å². The molecule has 1 aromatic rings. The minimum absolute atomic E-state index is 0.195. The van der Waals surface area contributed by atoms with E-state index < -0.39 is 17.4 Å².